The predicted molar refractivity (Wildman–Crippen MR) is 85.1 cm³/mol. The number of hydrogen-bond donors (Lipinski definition) is 1. The summed E-state index contributed by atoms with van der Waals surface area (Å²) in [7, 11) is 4.25. The Morgan fingerprint density at radius 2 is 2.00 bits per heavy atom. The molecule has 114 valence electrons. The molecule has 2 rings (SSSR count). The van der Waals surface area contributed by atoms with Gasteiger partial charge in [-0.2, -0.15) is 5.10 Å². The summed E-state index contributed by atoms with van der Waals surface area (Å²) in [5.74, 6) is 2.09. The van der Waals surface area contributed by atoms with E-state index in [1.807, 2.05) is 11.7 Å². The van der Waals surface area contributed by atoms with E-state index in [2.05, 4.69) is 30.9 Å². The van der Waals surface area contributed by atoms with Crippen LogP contribution in [0.2, 0.25) is 0 Å². The largest absolute Gasteiger partial charge is 0.359 e. The van der Waals surface area contributed by atoms with Crippen LogP contribution in [0.25, 0.3) is 0 Å². The molecule has 1 saturated carbocycles. The van der Waals surface area contributed by atoms with Crippen molar-refractivity contribution in [2.24, 2.45) is 18.7 Å². The van der Waals surface area contributed by atoms with E-state index in [0.717, 1.165) is 24.6 Å². The molecule has 0 saturated heterocycles. The van der Waals surface area contributed by atoms with E-state index < -0.39 is 0 Å². The molecule has 0 spiro atoms. The zero-order chi connectivity index (χ0) is 14.7. The molecule has 1 heterocycles. The number of aryl methyl sites for hydroxylation is 2. The van der Waals surface area contributed by atoms with Gasteiger partial charge in [-0.1, -0.05) is 19.3 Å². The Bertz CT molecular complexity index is 430. The van der Waals surface area contributed by atoms with Crippen molar-refractivity contribution in [1.82, 2.24) is 9.78 Å². The Morgan fingerprint density at radius 1 is 1.35 bits per heavy atom. The fourth-order valence-electron chi connectivity index (χ4n) is 3.57. The Labute approximate surface area is 123 Å². The number of nitrogens with zero attached hydrogens (tertiary/aromatic N) is 3. The van der Waals surface area contributed by atoms with Gasteiger partial charge in [0.1, 0.15) is 5.82 Å². The van der Waals surface area contributed by atoms with Gasteiger partial charge in [-0.05, 0) is 39.0 Å². The monoisotopic (exact) mass is 278 g/mol. The highest BCUT2D eigenvalue weighted by atomic mass is 15.4. The lowest BCUT2D eigenvalue weighted by Crippen LogP contribution is -2.30. The summed E-state index contributed by atoms with van der Waals surface area (Å²) in [6.07, 6.45) is 7.88. The smallest absolute Gasteiger partial charge is 0.129 e. The van der Waals surface area contributed by atoms with E-state index in [1.54, 1.807) is 0 Å². The molecule has 0 bridgehead atoms. The Hall–Kier alpha value is -1.03. The van der Waals surface area contributed by atoms with E-state index >= 15 is 0 Å². The molecular weight excluding hydrogens is 248 g/mol. The molecule has 1 aliphatic carbocycles. The summed E-state index contributed by atoms with van der Waals surface area (Å²) in [6, 6.07) is 0.180. The van der Waals surface area contributed by atoms with Crippen molar-refractivity contribution in [2.75, 3.05) is 18.5 Å². The second kappa shape index (κ2) is 6.61. The van der Waals surface area contributed by atoms with Gasteiger partial charge in [0, 0.05) is 32.2 Å². The molecule has 4 nitrogen and oxygen atoms in total. The Kier molecular flexibility index (Phi) is 5.08. The van der Waals surface area contributed by atoms with Crippen LogP contribution in [0.5, 0.6) is 0 Å². The van der Waals surface area contributed by atoms with Crippen LogP contribution in [0.3, 0.4) is 0 Å². The molecule has 1 aliphatic rings. The third kappa shape index (κ3) is 3.54. The van der Waals surface area contributed by atoms with Crippen LogP contribution < -0.4 is 10.6 Å². The lowest BCUT2D eigenvalue weighted by Gasteiger charge is -2.29. The lowest BCUT2D eigenvalue weighted by atomic mass is 9.89. The van der Waals surface area contributed by atoms with Crippen LogP contribution in [-0.2, 0) is 13.5 Å². The van der Waals surface area contributed by atoms with E-state index in [9.17, 15) is 0 Å². The fraction of sp³-hybridized carbons (Fsp3) is 0.812. The summed E-state index contributed by atoms with van der Waals surface area (Å²) in [5.41, 5.74) is 8.44. The van der Waals surface area contributed by atoms with Crippen molar-refractivity contribution in [3.05, 3.63) is 11.3 Å². The van der Waals surface area contributed by atoms with E-state index in [-0.39, 0.29) is 6.04 Å². The van der Waals surface area contributed by atoms with Crippen LogP contribution in [0.4, 0.5) is 5.82 Å². The van der Waals surface area contributed by atoms with Crippen molar-refractivity contribution in [3.63, 3.8) is 0 Å². The molecule has 1 aromatic rings. The van der Waals surface area contributed by atoms with Gasteiger partial charge in [0.05, 0.1) is 5.69 Å². The third-order valence-corrected chi connectivity index (χ3v) is 4.46. The maximum absolute atomic E-state index is 6.00. The maximum Gasteiger partial charge on any atom is 0.129 e. The van der Waals surface area contributed by atoms with Gasteiger partial charge in [0.25, 0.3) is 0 Å². The normalized spacial score (nSPS) is 18.2. The quantitative estimate of drug-likeness (QED) is 0.900. The molecule has 1 unspecified atom stereocenters. The second-order valence-corrected chi connectivity index (χ2v) is 6.58. The first-order valence-corrected chi connectivity index (χ1v) is 7.98. The number of nitrogens with two attached hydrogens (primary N) is 1. The van der Waals surface area contributed by atoms with Crippen LogP contribution in [-0.4, -0.2) is 29.4 Å². The van der Waals surface area contributed by atoms with Crippen molar-refractivity contribution in [2.45, 2.75) is 58.4 Å². The molecule has 1 aromatic heterocycles. The summed E-state index contributed by atoms with van der Waals surface area (Å²) >= 11 is 0. The number of rotatable bonds is 5. The highest BCUT2D eigenvalue weighted by molar-refractivity contribution is 5.50. The highest BCUT2D eigenvalue weighted by Crippen LogP contribution is 2.28. The van der Waals surface area contributed by atoms with E-state index in [0.29, 0.717) is 0 Å². The highest BCUT2D eigenvalue weighted by Gasteiger charge is 2.21. The Balaban J connectivity index is 2.13. The molecule has 0 aromatic carbocycles. The van der Waals surface area contributed by atoms with Crippen LogP contribution >= 0.6 is 0 Å². The summed E-state index contributed by atoms with van der Waals surface area (Å²) in [5, 5.41) is 4.60. The van der Waals surface area contributed by atoms with Crippen molar-refractivity contribution in [3.8, 4) is 0 Å². The maximum atomic E-state index is 6.00. The minimum atomic E-state index is 0.180. The summed E-state index contributed by atoms with van der Waals surface area (Å²) in [6.45, 7) is 5.30. The second-order valence-electron chi connectivity index (χ2n) is 6.58. The van der Waals surface area contributed by atoms with Crippen molar-refractivity contribution < 1.29 is 0 Å². The minimum Gasteiger partial charge on any atom is -0.359 e. The third-order valence-electron chi connectivity index (χ3n) is 4.46. The SMILES string of the molecule is Cc1nn(C)c(N(C)CC2CCCCC2)c1CC(C)N. The fourth-order valence-corrected chi connectivity index (χ4v) is 3.57. The van der Waals surface area contributed by atoms with Crippen LogP contribution in [0.15, 0.2) is 0 Å². The predicted octanol–water partition coefficient (Wildman–Crippen LogP) is 2.63. The number of hydrogen-bond acceptors (Lipinski definition) is 3. The van der Waals surface area contributed by atoms with Crippen molar-refractivity contribution >= 4 is 5.82 Å². The first kappa shape index (κ1) is 15.4. The molecule has 0 aliphatic heterocycles. The molecule has 2 N–H and O–H groups in total. The lowest BCUT2D eigenvalue weighted by molar-refractivity contribution is 0.360. The van der Waals surface area contributed by atoms with Gasteiger partial charge in [0.15, 0.2) is 0 Å². The van der Waals surface area contributed by atoms with E-state index in [1.165, 1.54) is 43.5 Å². The average Bonchev–Trinajstić information content (AvgIpc) is 2.64. The summed E-state index contributed by atoms with van der Waals surface area (Å²) < 4.78 is 2.02. The average molecular weight is 278 g/mol. The van der Waals surface area contributed by atoms with E-state index in [4.69, 9.17) is 5.73 Å². The van der Waals surface area contributed by atoms with Gasteiger partial charge in [0.2, 0.25) is 0 Å². The molecule has 1 atom stereocenters. The van der Waals surface area contributed by atoms with Gasteiger partial charge in [-0.25, -0.2) is 0 Å². The van der Waals surface area contributed by atoms with Gasteiger partial charge in [-0.3, -0.25) is 4.68 Å². The molecule has 1 fully saturated rings. The standard InChI is InChI=1S/C16H30N4/c1-12(17)10-15-13(2)18-20(4)16(15)19(3)11-14-8-6-5-7-9-14/h12,14H,5-11,17H2,1-4H3. The molecule has 4 heteroatoms. The van der Waals surface area contributed by atoms with Gasteiger partial charge >= 0.3 is 0 Å². The molecule has 20 heavy (non-hydrogen) atoms. The zero-order valence-electron chi connectivity index (χ0n) is 13.5. The first-order valence-electron chi connectivity index (χ1n) is 7.98. The van der Waals surface area contributed by atoms with Crippen molar-refractivity contribution in [1.29, 1.82) is 0 Å². The van der Waals surface area contributed by atoms with Gasteiger partial charge in [-0.15, -0.1) is 0 Å². The number of anilines is 1. The summed E-state index contributed by atoms with van der Waals surface area (Å²) in [4.78, 5) is 2.40. The minimum absolute atomic E-state index is 0.180. The van der Waals surface area contributed by atoms with Crippen LogP contribution in [0, 0.1) is 12.8 Å². The Morgan fingerprint density at radius 3 is 2.60 bits per heavy atom. The topological polar surface area (TPSA) is 47.1 Å². The molecular formula is C16H30N4. The zero-order valence-corrected chi connectivity index (χ0v) is 13.5. The molecule has 0 amide bonds. The molecule has 0 radical (unpaired) electrons. The van der Waals surface area contributed by atoms with Crippen LogP contribution in [0.1, 0.15) is 50.3 Å². The van der Waals surface area contributed by atoms with Gasteiger partial charge < -0.3 is 10.6 Å². The first-order chi connectivity index (χ1) is 9.49. The number of aromatic nitrogens is 2.